The molecule has 4 rings (SSSR count). The lowest BCUT2D eigenvalue weighted by molar-refractivity contribution is 0.416. The second-order valence-corrected chi connectivity index (χ2v) is 7.75. The third-order valence-corrected chi connectivity index (χ3v) is 5.63. The highest BCUT2D eigenvalue weighted by Gasteiger charge is 2.32. The minimum atomic E-state index is -3.46. The topological polar surface area (TPSA) is 87.5 Å². The number of amidine groups is 1. The Hall–Kier alpha value is -2.48. The van der Waals surface area contributed by atoms with Crippen LogP contribution in [0.2, 0.25) is 0 Å². The number of sulfonamides is 1. The van der Waals surface area contributed by atoms with E-state index in [-0.39, 0.29) is 0 Å². The lowest BCUT2D eigenvalue weighted by Gasteiger charge is -2.39. The van der Waals surface area contributed by atoms with Gasteiger partial charge in [-0.3, -0.25) is 9.71 Å². The Morgan fingerprint density at radius 2 is 2.00 bits per heavy atom. The molecule has 1 aromatic heterocycles. The summed E-state index contributed by atoms with van der Waals surface area (Å²) in [6.45, 7) is 4.19. The third-order valence-electron chi connectivity index (χ3n) is 4.24. The van der Waals surface area contributed by atoms with E-state index in [9.17, 15) is 8.42 Å². The molecule has 0 saturated carbocycles. The van der Waals surface area contributed by atoms with Crippen LogP contribution in [0.5, 0.6) is 0 Å². The molecular weight excluding hydrogens is 326 g/mol. The zero-order chi connectivity index (χ0) is 16.7. The van der Waals surface area contributed by atoms with Gasteiger partial charge in [0.1, 0.15) is 5.84 Å². The van der Waals surface area contributed by atoms with Gasteiger partial charge in [-0.05, 0) is 31.2 Å². The largest absolute Gasteiger partial charge is 0.354 e. The van der Waals surface area contributed by atoms with Crippen LogP contribution in [-0.4, -0.2) is 44.1 Å². The highest BCUT2D eigenvalue weighted by atomic mass is 32.2. The summed E-state index contributed by atoms with van der Waals surface area (Å²) in [7, 11) is -3.46. The Labute approximate surface area is 140 Å². The summed E-state index contributed by atoms with van der Waals surface area (Å²) in [6, 6.07) is 10.8. The van der Waals surface area contributed by atoms with Gasteiger partial charge in [0.2, 0.25) is 0 Å². The Morgan fingerprint density at radius 3 is 2.75 bits per heavy atom. The Kier molecular flexibility index (Phi) is 3.49. The summed E-state index contributed by atoms with van der Waals surface area (Å²) < 4.78 is 26.6. The lowest BCUT2D eigenvalue weighted by Crippen LogP contribution is -2.48. The van der Waals surface area contributed by atoms with E-state index < -0.39 is 10.0 Å². The summed E-state index contributed by atoms with van der Waals surface area (Å²) >= 11 is 0. The predicted octanol–water partition coefficient (Wildman–Crippen LogP) is 0.960. The van der Waals surface area contributed by atoms with Crippen molar-refractivity contribution in [1.29, 1.82) is 0 Å². The third kappa shape index (κ3) is 2.62. The van der Waals surface area contributed by atoms with E-state index >= 15 is 0 Å². The van der Waals surface area contributed by atoms with Gasteiger partial charge in [-0.25, -0.2) is 8.42 Å². The second kappa shape index (κ2) is 5.55. The molecule has 0 spiro atoms. The van der Waals surface area contributed by atoms with E-state index in [4.69, 9.17) is 0 Å². The highest BCUT2D eigenvalue weighted by molar-refractivity contribution is 7.90. The normalized spacial score (nSPS) is 20.5. The van der Waals surface area contributed by atoms with E-state index in [1.807, 2.05) is 25.1 Å². The maximum Gasteiger partial charge on any atom is 0.263 e. The summed E-state index contributed by atoms with van der Waals surface area (Å²) in [5.74, 6) is 1.70. The van der Waals surface area contributed by atoms with Crippen LogP contribution in [0, 0.1) is 12.8 Å². The van der Waals surface area contributed by atoms with Crippen LogP contribution in [0.4, 0.5) is 5.82 Å². The van der Waals surface area contributed by atoms with E-state index in [2.05, 4.69) is 24.8 Å². The fraction of sp³-hybridized carbons (Fsp3) is 0.312. The van der Waals surface area contributed by atoms with Crippen molar-refractivity contribution in [2.75, 3.05) is 24.5 Å². The molecule has 2 aromatic rings. The predicted molar refractivity (Wildman–Crippen MR) is 90.6 cm³/mol. The highest BCUT2D eigenvalue weighted by Crippen LogP contribution is 2.25. The maximum atomic E-state index is 12.0. The van der Waals surface area contributed by atoms with Crippen molar-refractivity contribution in [2.24, 2.45) is 10.9 Å². The fourth-order valence-electron chi connectivity index (χ4n) is 2.90. The van der Waals surface area contributed by atoms with Crippen LogP contribution < -0.4 is 9.62 Å². The summed E-state index contributed by atoms with van der Waals surface area (Å²) in [6.07, 6.45) is 0. The molecule has 1 fully saturated rings. The molecule has 0 atom stereocenters. The summed E-state index contributed by atoms with van der Waals surface area (Å²) in [5, 5.41) is 8.23. The SMILES string of the molecule is Cc1ccc(N2CC(CN=C3NS(=O)(=O)c4ccccc43)C2)nn1. The second-order valence-electron chi connectivity index (χ2n) is 6.09. The van der Waals surface area contributed by atoms with Crippen LogP contribution in [0.25, 0.3) is 0 Å². The van der Waals surface area contributed by atoms with E-state index in [0.717, 1.165) is 24.6 Å². The summed E-state index contributed by atoms with van der Waals surface area (Å²) in [4.78, 5) is 6.93. The van der Waals surface area contributed by atoms with Gasteiger partial charge < -0.3 is 4.90 Å². The van der Waals surface area contributed by atoms with Crippen LogP contribution in [0.3, 0.4) is 0 Å². The van der Waals surface area contributed by atoms with Gasteiger partial charge in [-0.2, -0.15) is 5.10 Å². The van der Waals surface area contributed by atoms with Crippen molar-refractivity contribution in [2.45, 2.75) is 11.8 Å². The van der Waals surface area contributed by atoms with Crippen molar-refractivity contribution >= 4 is 21.7 Å². The summed E-state index contributed by atoms with van der Waals surface area (Å²) in [5.41, 5.74) is 1.55. The van der Waals surface area contributed by atoms with Gasteiger partial charge in [0.15, 0.2) is 5.82 Å². The number of nitrogens with one attached hydrogen (secondary N) is 1. The smallest absolute Gasteiger partial charge is 0.263 e. The molecule has 1 aromatic carbocycles. The Balaban J connectivity index is 1.42. The molecule has 3 heterocycles. The molecule has 0 aliphatic carbocycles. The first kappa shape index (κ1) is 15.1. The van der Waals surface area contributed by atoms with Crippen LogP contribution in [0.15, 0.2) is 46.3 Å². The van der Waals surface area contributed by atoms with Crippen LogP contribution >= 0.6 is 0 Å². The quantitative estimate of drug-likeness (QED) is 0.897. The molecule has 0 bridgehead atoms. The van der Waals surface area contributed by atoms with Crippen LogP contribution in [-0.2, 0) is 10.0 Å². The number of aromatic nitrogens is 2. The van der Waals surface area contributed by atoms with Crippen LogP contribution in [0.1, 0.15) is 11.3 Å². The molecule has 1 N–H and O–H groups in total. The van der Waals surface area contributed by atoms with E-state index in [0.29, 0.717) is 28.8 Å². The standard InChI is InChI=1S/C16H17N5O2S/c1-11-6-7-15(19-18-11)21-9-12(10-21)8-17-16-13-4-2-3-5-14(13)24(22,23)20-16/h2-7,12H,8-10H2,1H3,(H,17,20). The molecule has 124 valence electrons. The molecule has 2 aliphatic heterocycles. The number of nitrogens with zero attached hydrogens (tertiary/aromatic N) is 4. The van der Waals surface area contributed by atoms with Gasteiger partial charge in [0.05, 0.1) is 10.6 Å². The first-order valence-electron chi connectivity index (χ1n) is 7.75. The average Bonchev–Trinajstić information content (AvgIpc) is 2.79. The van der Waals surface area contributed by atoms with E-state index in [1.165, 1.54) is 0 Å². The molecular formula is C16H17N5O2S. The Morgan fingerprint density at radius 1 is 1.21 bits per heavy atom. The van der Waals surface area contributed by atoms with Gasteiger partial charge >= 0.3 is 0 Å². The van der Waals surface area contributed by atoms with Gasteiger partial charge in [0.25, 0.3) is 10.0 Å². The number of hydrogen-bond acceptors (Lipinski definition) is 6. The molecule has 0 amide bonds. The molecule has 0 radical (unpaired) electrons. The lowest BCUT2D eigenvalue weighted by atomic mass is 10.0. The van der Waals surface area contributed by atoms with Crippen molar-refractivity contribution in [3.63, 3.8) is 0 Å². The van der Waals surface area contributed by atoms with Crippen molar-refractivity contribution in [1.82, 2.24) is 14.9 Å². The number of rotatable bonds is 3. The molecule has 2 aliphatic rings. The molecule has 1 saturated heterocycles. The minimum Gasteiger partial charge on any atom is -0.354 e. The van der Waals surface area contributed by atoms with Crippen molar-refractivity contribution in [3.05, 3.63) is 47.7 Å². The minimum absolute atomic E-state index is 0.300. The van der Waals surface area contributed by atoms with Crippen molar-refractivity contribution in [3.8, 4) is 0 Å². The maximum absolute atomic E-state index is 12.0. The molecule has 24 heavy (non-hydrogen) atoms. The molecule has 8 heteroatoms. The first-order valence-corrected chi connectivity index (χ1v) is 9.23. The monoisotopic (exact) mass is 343 g/mol. The molecule has 0 unspecified atom stereocenters. The number of fused-ring (bicyclic) bond motifs is 1. The number of benzene rings is 1. The van der Waals surface area contributed by atoms with Gasteiger partial charge in [0, 0.05) is 31.1 Å². The number of aliphatic imine (C=N–C) groups is 1. The zero-order valence-corrected chi connectivity index (χ0v) is 14.0. The van der Waals surface area contributed by atoms with Crippen molar-refractivity contribution < 1.29 is 8.42 Å². The number of aryl methyl sites for hydroxylation is 1. The Bertz CT molecular complexity index is 902. The van der Waals surface area contributed by atoms with Gasteiger partial charge in [-0.15, -0.1) is 5.10 Å². The number of anilines is 1. The average molecular weight is 343 g/mol. The van der Waals surface area contributed by atoms with Gasteiger partial charge in [-0.1, -0.05) is 12.1 Å². The molecule has 7 nitrogen and oxygen atoms in total. The fourth-order valence-corrected chi connectivity index (χ4v) is 4.16. The first-order chi connectivity index (χ1) is 11.5. The van der Waals surface area contributed by atoms with E-state index in [1.54, 1.807) is 18.2 Å². The number of hydrogen-bond donors (Lipinski definition) is 1. The zero-order valence-electron chi connectivity index (χ0n) is 13.2.